The Morgan fingerprint density at radius 3 is 2.39 bits per heavy atom. The van der Waals surface area contributed by atoms with E-state index in [0.717, 1.165) is 22.3 Å². The van der Waals surface area contributed by atoms with E-state index >= 15 is 0 Å². The van der Waals surface area contributed by atoms with Gasteiger partial charge >= 0.3 is 0 Å². The molecule has 2 aromatic heterocycles. The molecule has 1 unspecified atom stereocenters. The molecule has 23 heavy (non-hydrogen) atoms. The first kappa shape index (κ1) is 17.2. The van der Waals surface area contributed by atoms with E-state index in [0.29, 0.717) is 5.82 Å². The lowest BCUT2D eigenvalue weighted by Crippen LogP contribution is -2.10. The number of halogens is 1. The monoisotopic (exact) mass is 329 g/mol. The van der Waals surface area contributed by atoms with Crippen LogP contribution < -0.4 is 0 Å². The summed E-state index contributed by atoms with van der Waals surface area (Å²) in [7, 11) is 0. The highest BCUT2D eigenvalue weighted by Gasteiger charge is 2.20. The Morgan fingerprint density at radius 1 is 1.09 bits per heavy atom. The van der Waals surface area contributed by atoms with E-state index in [1.54, 1.807) is 18.7 Å². The van der Waals surface area contributed by atoms with Gasteiger partial charge in [-0.3, -0.25) is 4.57 Å². The summed E-state index contributed by atoms with van der Waals surface area (Å²) in [4.78, 5) is 8.47. The normalized spacial score (nSPS) is 11.8. The van der Waals surface area contributed by atoms with Crippen LogP contribution in [0.15, 0.2) is 49.2 Å². The molecule has 0 saturated carbocycles. The first-order valence-electron chi connectivity index (χ1n) is 7.27. The largest absolute Gasteiger partial charge is 0.383 e. The third-order valence-electron chi connectivity index (χ3n) is 3.87. The van der Waals surface area contributed by atoms with Crippen molar-refractivity contribution in [3.63, 3.8) is 0 Å². The number of hydrogen-bond donors (Lipinski definition) is 1. The van der Waals surface area contributed by atoms with Gasteiger partial charge in [-0.1, -0.05) is 23.8 Å². The topological polar surface area (TPSA) is 50.9 Å². The summed E-state index contributed by atoms with van der Waals surface area (Å²) in [5.41, 5.74) is 5.10. The Bertz CT molecular complexity index is 777. The number of imidazole rings is 1. The zero-order chi connectivity index (χ0) is 15.7. The summed E-state index contributed by atoms with van der Waals surface area (Å²) in [5, 5.41) is 11.0. The molecular formula is C18H20ClN3O. The summed E-state index contributed by atoms with van der Waals surface area (Å²) >= 11 is 0. The molecule has 1 atom stereocenters. The van der Waals surface area contributed by atoms with E-state index in [9.17, 15) is 5.11 Å². The van der Waals surface area contributed by atoms with E-state index in [4.69, 9.17) is 0 Å². The number of benzene rings is 1. The molecular weight excluding hydrogens is 310 g/mol. The van der Waals surface area contributed by atoms with Crippen LogP contribution in [0.2, 0.25) is 0 Å². The number of nitrogens with zero attached hydrogens (tertiary/aromatic N) is 3. The molecule has 0 radical (unpaired) electrons. The molecule has 0 spiro atoms. The van der Waals surface area contributed by atoms with Crippen LogP contribution >= 0.6 is 12.4 Å². The summed E-state index contributed by atoms with van der Waals surface area (Å²) in [6.07, 6.45) is 6.22. The number of aromatic nitrogens is 3. The highest BCUT2D eigenvalue weighted by molar-refractivity contribution is 5.85. The molecule has 0 aliphatic carbocycles. The minimum atomic E-state index is -0.716. The van der Waals surface area contributed by atoms with Gasteiger partial charge in [0.15, 0.2) is 0 Å². The van der Waals surface area contributed by atoms with Crippen molar-refractivity contribution in [3.8, 4) is 5.82 Å². The lowest BCUT2D eigenvalue weighted by molar-refractivity contribution is 0.218. The van der Waals surface area contributed by atoms with Crippen LogP contribution in [0.5, 0.6) is 0 Å². The smallest absolute Gasteiger partial charge is 0.143 e. The van der Waals surface area contributed by atoms with Gasteiger partial charge in [0.25, 0.3) is 0 Å². The molecule has 0 saturated heterocycles. The zero-order valence-electron chi connectivity index (χ0n) is 13.4. The second kappa shape index (κ2) is 6.94. The maximum atomic E-state index is 11.0. The van der Waals surface area contributed by atoms with Crippen LogP contribution in [-0.2, 0) is 0 Å². The SMILES string of the molecule is Cc1cc(C)c(C(O)c2cccnc2-n2ccnc2)c(C)c1.Cl. The molecule has 1 N–H and O–H groups in total. The second-order valence-corrected chi connectivity index (χ2v) is 5.60. The molecule has 120 valence electrons. The summed E-state index contributed by atoms with van der Waals surface area (Å²) in [5.74, 6) is 0.701. The molecule has 0 bridgehead atoms. The van der Waals surface area contributed by atoms with Crippen molar-refractivity contribution in [1.29, 1.82) is 0 Å². The fourth-order valence-corrected chi connectivity index (χ4v) is 3.00. The molecule has 0 amide bonds. The molecule has 2 heterocycles. The fraction of sp³-hybridized carbons (Fsp3) is 0.222. The Labute approximate surface area is 142 Å². The lowest BCUT2D eigenvalue weighted by Gasteiger charge is -2.20. The van der Waals surface area contributed by atoms with E-state index in [1.165, 1.54) is 5.56 Å². The summed E-state index contributed by atoms with van der Waals surface area (Å²) in [6, 6.07) is 7.95. The van der Waals surface area contributed by atoms with E-state index < -0.39 is 6.10 Å². The Hall–Kier alpha value is -2.17. The van der Waals surface area contributed by atoms with Crippen LogP contribution in [0.3, 0.4) is 0 Å². The van der Waals surface area contributed by atoms with Crippen molar-refractivity contribution in [3.05, 3.63) is 77.0 Å². The zero-order valence-corrected chi connectivity index (χ0v) is 14.2. The molecule has 5 heteroatoms. The maximum Gasteiger partial charge on any atom is 0.143 e. The van der Waals surface area contributed by atoms with Crippen LogP contribution in [0.4, 0.5) is 0 Å². The lowest BCUT2D eigenvalue weighted by atomic mass is 9.92. The average molecular weight is 330 g/mol. The Balaban J connectivity index is 0.00000192. The molecule has 1 aromatic carbocycles. The van der Waals surface area contributed by atoms with Gasteiger partial charge in [0.1, 0.15) is 18.2 Å². The number of aliphatic hydroxyl groups excluding tert-OH is 1. The molecule has 0 aliphatic rings. The van der Waals surface area contributed by atoms with Crippen molar-refractivity contribution in [2.24, 2.45) is 0 Å². The Kier molecular flexibility index (Phi) is 5.19. The molecule has 4 nitrogen and oxygen atoms in total. The molecule has 3 aromatic rings. The third-order valence-corrected chi connectivity index (χ3v) is 3.87. The maximum absolute atomic E-state index is 11.0. The van der Waals surface area contributed by atoms with Crippen molar-refractivity contribution in [1.82, 2.24) is 14.5 Å². The Morgan fingerprint density at radius 2 is 1.78 bits per heavy atom. The van der Waals surface area contributed by atoms with Gasteiger partial charge in [0.05, 0.1) is 0 Å². The van der Waals surface area contributed by atoms with Crippen molar-refractivity contribution >= 4 is 12.4 Å². The van der Waals surface area contributed by atoms with Gasteiger partial charge in [0, 0.05) is 24.2 Å². The summed E-state index contributed by atoms with van der Waals surface area (Å²) < 4.78 is 1.82. The van der Waals surface area contributed by atoms with E-state index in [-0.39, 0.29) is 12.4 Å². The first-order valence-corrected chi connectivity index (χ1v) is 7.27. The minimum absolute atomic E-state index is 0. The van der Waals surface area contributed by atoms with Gasteiger partial charge < -0.3 is 5.11 Å². The van der Waals surface area contributed by atoms with Gasteiger partial charge in [-0.2, -0.15) is 0 Å². The van der Waals surface area contributed by atoms with Crippen molar-refractivity contribution in [2.75, 3.05) is 0 Å². The third kappa shape index (κ3) is 3.28. The standard InChI is InChI=1S/C18H19N3O.ClH/c1-12-9-13(2)16(14(3)10-12)17(22)15-5-4-6-20-18(15)21-8-7-19-11-21;/h4-11,17,22H,1-3H3;1H. The van der Waals surface area contributed by atoms with Crippen LogP contribution in [-0.4, -0.2) is 19.6 Å². The molecule has 0 aliphatic heterocycles. The number of rotatable bonds is 3. The quantitative estimate of drug-likeness (QED) is 0.797. The van der Waals surface area contributed by atoms with Gasteiger partial charge in [-0.15, -0.1) is 12.4 Å². The average Bonchev–Trinajstić information content (AvgIpc) is 3.00. The van der Waals surface area contributed by atoms with E-state index in [1.807, 2.05) is 36.7 Å². The van der Waals surface area contributed by atoms with Gasteiger partial charge in [-0.25, -0.2) is 9.97 Å². The van der Waals surface area contributed by atoms with Crippen LogP contribution in [0.1, 0.15) is 33.9 Å². The minimum Gasteiger partial charge on any atom is -0.383 e. The predicted octanol–water partition coefficient (Wildman–Crippen LogP) is 3.70. The number of aryl methyl sites for hydroxylation is 3. The summed E-state index contributed by atoms with van der Waals surface area (Å²) in [6.45, 7) is 6.13. The predicted molar refractivity (Wildman–Crippen MR) is 93.3 cm³/mol. The highest BCUT2D eigenvalue weighted by Crippen LogP contribution is 2.31. The first-order chi connectivity index (χ1) is 10.6. The molecule has 3 rings (SSSR count). The second-order valence-electron chi connectivity index (χ2n) is 5.60. The number of aliphatic hydroxyl groups is 1. The van der Waals surface area contributed by atoms with Gasteiger partial charge in [0.2, 0.25) is 0 Å². The number of pyridine rings is 1. The fourth-order valence-electron chi connectivity index (χ4n) is 3.00. The highest BCUT2D eigenvalue weighted by atomic mass is 35.5. The van der Waals surface area contributed by atoms with Crippen molar-refractivity contribution < 1.29 is 5.11 Å². The van der Waals surface area contributed by atoms with Crippen LogP contribution in [0, 0.1) is 20.8 Å². The molecule has 0 fully saturated rings. The van der Waals surface area contributed by atoms with Crippen LogP contribution in [0.25, 0.3) is 5.82 Å². The van der Waals surface area contributed by atoms with E-state index in [2.05, 4.69) is 29.0 Å². The van der Waals surface area contributed by atoms with Crippen molar-refractivity contribution in [2.45, 2.75) is 26.9 Å². The van der Waals surface area contributed by atoms with Gasteiger partial charge in [-0.05, 0) is 43.5 Å². The number of hydrogen-bond acceptors (Lipinski definition) is 3.